The first kappa shape index (κ1) is 26.1. The molecule has 1 heteroatoms. The third kappa shape index (κ3) is 6.76. The Morgan fingerprint density at radius 1 is 0.656 bits per heavy atom. The molecule has 0 radical (unpaired) electrons. The predicted octanol–water partition coefficient (Wildman–Crippen LogP) is 10.4. The maximum atomic E-state index is 10.4. The molecule has 0 aromatic heterocycles. The molecule has 3 saturated carbocycles. The Bertz CT molecular complexity index is 535. The highest BCUT2D eigenvalue weighted by molar-refractivity contribution is 5.09. The highest BCUT2D eigenvalue weighted by Gasteiger charge is 2.49. The number of hydrogen-bond acceptors (Lipinski definition) is 1. The van der Waals surface area contributed by atoms with Gasteiger partial charge in [-0.1, -0.05) is 104 Å². The summed E-state index contributed by atoms with van der Waals surface area (Å²) in [5, 5.41) is 10.4. The molecule has 0 N–H and O–H groups in total. The van der Waals surface area contributed by atoms with Gasteiger partial charge in [-0.2, -0.15) is 5.26 Å². The number of hydrogen-bond donors (Lipinski definition) is 0. The summed E-state index contributed by atoms with van der Waals surface area (Å²) in [5.41, 5.74) is 0.612. The van der Waals surface area contributed by atoms with E-state index in [1.165, 1.54) is 148 Å². The van der Waals surface area contributed by atoms with Gasteiger partial charge in [0.25, 0.3) is 0 Å². The van der Waals surface area contributed by atoms with Crippen LogP contribution >= 0.6 is 0 Å². The van der Waals surface area contributed by atoms with Crippen LogP contribution in [0.1, 0.15) is 162 Å². The van der Waals surface area contributed by atoms with Gasteiger partial charge in [0, 0.05) is 0 Å². The molecule has 0 spiro atoms. The van der Waals surface area contributed by atoms with Crippen LogP contribution in [0.2, 0.25) is 0 Å². The molecule has 0 aliphatic heterocycles. The van der Waals surface area contributed by atoms with Crippen molar-refractivity contribution in [2.75, 3.05) is 0 Å². The van der Waals surface area contributed by atoms with Crippen molar-refractivity contribution in [3.63, 3.8) is 0 Å². The van der Waals surface area contributed by atoms with Gasteiger partial charge < -0.3 is 0 Å². The van der Waals surface area contributed by atoms with E-state index < -0.39 is 0 Å². The average molecular weight is 442 g/mol. The van der Waals surface area contributed by atoms with Gasteiger partial charge in [-0.25, -0.2) is 0 Å². The summed E-state index contributed by atoms with van der Waals surface area (Å²) < 4.78 is 0. The lowest BCUT2D eigenvalue weighted by atomic mass is 9.52. The Morgan fingerprint density at radius 2 is 1.28 bits per heavy atom. The molecule has 0 heterocycles. The molecule has 0 atom stereocenters. The first-order valence-electron chi connectivity index (χ1n) is 15.1. The number of rotatable bonds is 12. The third-order valence-electron chi connectivity index (χ3n) is 10.5. The minimum atomic E-state index is 0.0228. The van der Waals surface area contributed by atoms with Gasteiger partial charge in [0.05, 0.1) is 11.5 Å². The van der Waals surface area contributed by atoms with Gasteiger partial charge in [-0.15, -0.1) is 0 Å². The molecule has 0 amide bonds. The van der Waals surface area contributed by atoms with E-state index in [0.717, 1.165) is 11.8 Å². The highest BCUT2D eigenvalue weighted by atomic mass is 14.5. The zero-order valence-corrected chi connectivity index (χ0v) is 21.9. The molecular weight excluding hydrogens is 386 g/mol. The summed E-state index contributed by atoms with van der Waals surface area (Å²) >= 11 is 0. The van der Waals surface area contributed by atoms with Crippen molar-refractivity contribution < 1.29 is 0 Å². The van der Waals surface area contributed by atoms with Crippen molar-refractivity contribution in [1.82, 2.24) is 0 Å². The summed E-state index contributed by atoms with van der Waals surface area (Å²) in [5.74, 6) is 2.62. The van der Waals surface area contributed by atoms with Crippen LogP contribution in [0.15, 0.2) is 0 Å². The van der Waals surface area contributed by atoms with Crippen LogP contribution in [-0.2, 0) is 0 Å². The summed E-state index contributed by atoms with van der Waals surface area (Å²) in [6, 6.07) is 2.98. The fraction of sp³-hybridized carbons (Fsp3) is 0.968. The Labute approximate surface area is 201 Å². The molecule has 1 nitrogen and oxygen atoms in total. The molecule has 0 saturated heterocycles. The van der Waals surface area contributed by atoms with Crippen LogP contribution < -0.4 is 0 Å². The molecular formula is C31H55N. The molecule has 3 aliphatic rings. The van der Waals surface area contributed by atoms with Gasteiger partial charge in [-0.3, -0.25) is 0 Å². The molecule has 3 rings (SSSR count). The summed E-state index contributed by atoms with van der Waals surface area (Å²) in [6.07, 6.45) is 32.2. The minimum absolute atomic E-state index is 0.0228. The Kier molecular flexibility index (Phi) is 10.9. The summed E-state index contributed by atoms with van der Waals surface area (Å²) in [6.45, 7) is 4.65. The predicted molar refractivity (Wildman–Crippen MR) is 138 cm³/mol. The topological polar surface area (TPSA) is 23.8 Å². The second-order valence-electron chi connectivity index (χ2n) is 12.3. The normalized spacial score (nSPS) is 34.3. The van der Waals surface area contributed by atoms with Crippen LogP contribution in [0.3, 0.4) is 0 Å². The van der Waals surface area contributed by atoms with Crippen molar-refractivity contribution in [2.45, 2.75) is 162 Å². The van der Waals surface area contributed by atoms with E-state index >= 15 is 0 Å². The minimum Gasteiger partial charge on any atom is -0.198 e. The fourth-order valence-electron chi connectivity index (χ4n) is 8.15. The monoisotopic (exact) mass is 441 g/mol. The lowest BCUT2D eigenvalue weighted by Crippen LogP contribution is -2.43. The van der Waals surface area contributed by atoms with Crippen LogP contribution in [0, 0.1) is 39.9 Å². The Morgan fingerprint density at radius 3 is 1.91 bits per heavy atom. The average Bonchev–Trinajstić information content (AvgIpc) is 2.85. The van der Waals surface area contributed by atoms with Crippen molar-refractivity contribution in [1.29, 1.82) is 5.26 Å². The molecule has 184 valence electrons. The molecule has 0 aromatic rings. The molecule has 32 heavy (non-hydrogen) atoms. The zero-order valence-electron chi connectivity index (χ0n) is 21.9. The van der Waals surface area contributed by atoms with Gasteiger partial charge in [-0.05, 0) is 81.0 Å². The first-order valence-corrected chi connectivity index (χ1v) is 15.1. The molecule has 3 aliphatic carbocycles. The second-order valence-corrected chi connectivity index (χ2v) is 12.3. The van der Waals surface area contributed by atoms with Crippen molar-refractivity contribution in [3.05, 3.63) is 0 Å². The number of nitriles is 1. The smallest absolute Gasteiger partial charge is 0.0692 e. The van der Waals surface area contributed by atoms with Gasteiger partial charge in [0.1, 0.15) is 0 Å². The first-order chi connectivity index (χ1) is 15.7. The second kappa shape index (κ2) is 13.4. The number of nitrogens with zero attached hydrogens (tertiary/aromatic N) is 1. The van der Waals surface area contributed by atoms with Crippen molar-refractivity contribution in [2.24, 2.45) is 28.6 Å². The van der Waals surface area contributed by atoms with Crippen LogP contribution in [-0.4, -0.2) is 0 Å². The molecule has 0 aromatic carbocycles. The SMILES string of the molecule is CCCCCCCC1CCC(C2(C#N)CCC(CCCCC)(C3CCCCC3)CC2)CC1. The fourth-order valence-corrected chi connectivity index (χ4v) is 8.15. The highest BCUT2D eigenvalue weighted by Crippen LogP contribution is 2.59. The van der Waals surface area contributed by atoms with E-state index in [2.05, 4.69) is 19.9 Å². The van der Waals surface area contributed by atoms with E-state index in [9.17, 15) is 5.26 Å². The Balaban J connectivity index is 1.52. The largest absolute Gasteiger partial charge is 0.198 e. The van der Waals surface area contributed by atoms with E-state index in [-0.39, 0.29) is 5.41 Å². The van der Waals surface area contributed by atoms with Gasteiger partial charge in [0.2, 0.25) is 0 Å². The summed E-state index contributed by atoms with van der Waals surface area (Å²) in [4.78, 5) is 0. The van der Waals surface area contributed by atoms with Crippen LogP contribution in [0.25, 0.3) is 0 Å². The van der Waals surface area contributed by atoms with Crippen LogP contribution in [0.5, 0.6) is 0 Å². The maximum absolute atomic E-state index is 10.4. The van der Waals surface area contributed by atoms with E-state index in [0.29, 0.717) is 11.3 Å². The van der Waals surface area contributed by atoms with Crippen molar-refractivity contribution >= 4 is 0 Å². The van der Waals surface area contributed by atoms with E-state index in [4.69, 9.17) is 0 Å². The molecule has 0 unspecified atom stereocenters. The van der Waals surface area contributed by atoms with Gasteiger partial charge in [0.15, 0.2) is 0 Å². The molecule has 0 bridgehead atoms. The maximum Gasteiger partial charge on any atom is 0.0692 e. The standard InChI is InChI=1S/C31H55N/c1-3-5-7-8-10-14-27-17-19-29(20-18-27)31(26-32)24-22-30(23-25-31,21-13-6-4-2)28-15-11-9-12-16-28/h27-29H,3-25H2,1-2H3. The lowest BCUT2D eigenvalue weighted by Gasteiger charge is -2.52. The van der Waals surface area contributed by atoms with Crippen molar-refractivity contribution in [3.8, 4) is 6.07 Å². The molecule has 3 fully saturated rings. The quantitative estimate of drug-likeness (QED) is 0.276. The third-order valence-corrected chi connectivity index (χ3v) is 10.5. The van der Waals surface area contributed by atoms with E-state index in [1.807, 2.05) is 0 Å². The van der Waals surface area contributed by atoms with Crippen LogP contribution in [0.4, 0.5) is 0 Å². The Hall–Kier alpha value is -0.510. The number of unbranched alkanes of at least 4 members (excludes halogenated alkanes) is 6. The summed E-state index contributed by atoms with van der Waals surface area (Å²) in [7, 11) is 0. The van der Waals surface area contributed by atoms with Gasteiger partial charge >= 0.3 is 0 Å². The zero-order chi connectivity index (χ0) is 22.7. The lowest BCUT2D eigenvalue weighted by molar-refractivity contribution is -0.00801. The van der Waals surface area contributed by atoms with E-state index in [1.54, 1.807) is 0 Å².